The first-order valence-electron chi connectivity index (χ1n) is 14.1. The Morgan fingerprint density at radius 1 is 0.585 bits per heavy atom. The van der Waals surface area contributed by atoms with E-state index in [1.165, 1.54) is 48.6 Å². The monoisotopic (exact) mass is 576 g/mol. The van der Waals surface area contributed by atoms with Gasteiger partial charge < -0.3 is 9.47 Å². The van der Waals surface area contributed by atoms with Gasteiger partial charge in [-0.05, 0) is 80.2 Å². The van der Waals surface area contributed by atoms with Crippen LogP contribution in [0.1, 0.15) is 92.9 Å². The second-order valence-corrected chi connectivity index (χ2v) is 10.3. The van der Waals surface area contributed by atoms with Crippen molar-refractivity contribution in [1.29, 1.82) is 0 Å². The van der Waals surface area contributed by atoms with E-state index in [1.807, 2.05) is 6.92 Å². The normalized spacial score (nSPS) is 17.3. The summed E-state index contributed by atoms with van der Waals surface area (Å²) in [5, 5.41) is 0. The number of ether oxygens (including phenoxy) is 2. The molecule has 2 nitrogen and oxygen atoms in total. The molecule has 0 atom stereocenters. The lowest BCUT2D eigenvalue weighted by Gasteiger charge is -2.30. The molecule has 3 aromatic rings. The van der Waals surface area contributed by atoms with E-state index in [-0.39, 0.29) is 58.8 Å². The molecule has 1 fully saturated rings. The third-order valence-corrected chi connectivity index (χ3v) is 7.65. The van der Waals surface area contributed by atoms with Crippen LogP contribution < -0.4 is 9.47 Å². The van der Waals surface area contributed by atoms with Crippen LogP contribution in [0.25, 0.3) is 12.2 Å². The molecule has 0 spiro atoms. The molecule has 0 bridgehead atoms. The molecule has 0 radical (unpaired) electrons. The van der Waals surface area contributed by atoms with Crippen molar-refractivity contribution >= 4 is 12.2 Å². The van der Waals surface area contributed by atoms with Crippen molar-refractivity contribution in [1.82, 2.24) is 0 Å². The molecule has 0 aliphatic heterocycles. The second-order valence-electron chi connectivity index (χ2n) is 10.3. The zero-order chi connectivity index (χ0) is 29.5. The molecule has 1 aliphatic carbocycles. The van der Waals surface area contributed by atoms with Gasteiger partial charge in [0.2, 0.25) is 11.6 Å². The Labute approximate surface area is 237 Å². The van der Waals surface area contributed by atoms with Crippen molar-refractivity contribution in [3.05, 3.63) is 93.6 Å². The molecule has 0 N–H and O–H groups in total. The first-order valence-corrected chi connectivity index (χ1v) is 14.1. The fourth-order valence-corrected chi connectivity index (χ4v) is 5.37. The zero-order valence-corrected chi connectivity index (χ0v) is 23.2. The third-order valence-electron chi connectivity index (χ3n) is 7.65. The van der Waals surface area contributed by atoms with Crippen LogP contribution >= 0.6 is 0 Å². The predicted octanol–water partition coefficient (Wildman–Crippen LogP) is 10.1. The SMILES string of the molecule is CCCCCOc1ccc(/C=C/c2ccc(C3CCC(c4ccc(OCC)c(F)c4F)CC3)c(F)c2F)c(F)c1F. The van der Waals surface area contributed by atoms with Crippen molar-refractivity contribution in [2.24, 2.45) is 0 Å². The van der Waals surface area contributed by atoms with Gasteiger partial charge in [0, 0.05) is 11.1 Å². The van der Waals surface area contributed by atoms with E-state index in [0.29, 0.717) is 25.7 Å². The summed E-state index contributed by atoms with van der Waals surface area (Å²) in [6.07, 6.45) is 6.91. The maximum Gasteiger partial charge on any atom is 0.201 e. The summed E-state index contributed by atoms with van der Waals surface area (Å²) in [5.41, 5.74) is 0.240. The molecular weight excluding hydrogens is 542 g/mol. The van der Waals surface area contributed by atoms with Crippen LogP contribution in [0.5, 0.6) is 11.5 Å². The Balaban J connectivity index is 1.43. The third kappa shape index (κ3) is 6.91. The Bertz CT molecular complexity index is 1380. The summed E-state index contributed by atoms with van der Waals surface area (Å²) < 4.78 is 98.5. The molecule has 8 heteroatoms. The average molecular weight is 577 g/mol. The summed E-state index contributed by atoms with van der Waals surface area (Å²) in [5.74, 6) is -7.15. The molecule has 1 saturated carbocycles. The van der Waals surface area contributed by atoms with E-state index in [9.17, 15) is 22.0 Å². The van der Waals surface area contributed by atoms with Crippen LogP contribution in [0.2, 0.25) is 0 Å². The number of hydrogen-bond acceptors (Lipinski definition) is 2. The standard InChI is InChI=1S/C33H34F6O2/c1-3-5-6-19-41-27-17-14-23(29(35)32(27)38)12-11-22-13-15-24(30(36)28(22)34)20-7-9-21(10-8-20)25-16-18-26(40-4-2)33(39)31(25)37/h11-18,20-21H,3-10,19H2,1-2H3/b12-11+. The van der Waals surface area contributed by atoms with Gasteiger partial charge in [-0.2, -0.15) is 8.78 Å². The summed E-state index contributed by atoms with van der Waals surface area (Å²) >= 11 is 0. The minimum Gasteiger partial charge on any atom is -0.491 e. The number of benzene rings is 3. The van der Waals surface area contributed by atoms with E-state index in [4.69, 9.17) is 9.47 Å². The first-order chi connectivity index (χ1) is 19.8. The lowest BCUT2D eigenvalue weighted by atomic mass is 9.75. The van der Waals surface area contributed by atoms with Gasteiger partial charge in [-0.25, -0.2) is 17.6 Å². The number of halogens is 6. The smallest absolute Gasteiger partial charge is 0.201 e. The van der Waals surface area contributed by atoms with Gasteiger partial charge in [0.15, 0.2) is 34.8 Å². The topological polar surface area (TPSA) is 18.5 Å². The lowest BCUT2D eigenvalue weighted by molar-refractivity contribution is 0.286. The van der Waals surface area contributed by atoms with Crippen molar-refractivity contribution < 1.29 is 35.8 Å². The highest BCUT2D eigenvalue weighted by Gasteiger charge is 2.29. The molecule has 41 heavy (non-hydrogen) atoms. The van der Waals surface area contributed by atoms with Crippen LogP contribution in [-0.2, 0) is 0 Å². The molecule has 220 valence electrons. The predicted molar refractivity (Wildman–Crippen MR) is 148 cm³/mol. The molecular formula is C33H34F6O2. The van der Waals surface area contributed by atoms with Gasteiger partial charge in [0.05, 0.1) is 13.2 Å². The highest BCUT2D eigenvalue weighted by atomic mass is 19.2. The molecule has 4 rings (SSSR count). The Hall–Kier alpha value is -3.42. The quantitative estimate of drug-likeness (QED) is 0.128. The van der Waals surface area contributed by atoms with E-state index in [0.717, 1.165) is 19.3 Å². The van der Waals surface area contributed by atoms with Crippen LogP contribution in [0.15, 0.2) is 36.4 Å². The van der Waals surface area contributed by atoms with E-state index in [2.05, 4.69) is 0 Å². The fraction of sp³-hybridized carbons (Fsp3) is 0.394. The maximum absolute atomic E-state index is 15.1. The van der Waals surface area contributed by atoms with Gasteiger partial charge in [0.25, 0.3) is 0 Å². The molecule has 0 heterocycles. The van der Waals surface area contributed by atoms with Crippen molar-refractivity contribution in [3.8, 4) is 11.5 Å². The van der Waals surface area contributed by atoms with Gasteiger partial charge >= 0.3 is 0 Å². The molecule has 0 aromatic heterocycles. The maximum atomic E-state index is 15.1. The Morgan fingerprint density at radius 3 is 1.63 bits per heavy atom. The summed E-state index contributed by atoms with van der Waals surface area (Å²) in [6.45, 7) is 4.19. The van der Waals surface area contributed by atoms with Gasteiger partial charge in [-0.3, -0.25) is 0 Å². The molecule has 0 saturated heterocycles. The van der Waals surface area contributed by atoms with Crippen LogP contribution in [0.3, 0.4) is 0 Å². The minimum absolute atomic E-state index is 0.105. The van der Waals surface area contributed by atoms with Crippen LogP contribution in [0, 0.1) is 34.9 Å². The fourth-order valence-electron chi connectivity index (χ4n) is 5.37. The van der Waals surface area contributed by atoms with E-state index < -0.39 is 34.9 Å². The summed E-state index contributed by atoms with van der Waals surface area (Å²) in [4.78, 5) is 0. The Morgan fingerprint density at radius 2 is 1.05 bits per heavy atom. The minimum atomic E-state index is -1.13. The first kappa shape index (κ1) is 30.5. The summed E-state index contributed by atoms with van der Waals surface area (Å²) in [7, 11) is 0. The average Bonchev–Trinajstić information content (AvgIpc) is 2.97. The molecule has 3 aromatic carbocycles. The number of rotatable bonds is 11. The molecule has 0 unspecified atom stereocenters. The molecule has 0 amide bonds. The van der Waals surface area contributed by atoms with E-state index in [1.54, 1.807) is 6.92 Å². The van der Waals surface area contributed by atoms with Gasteiger partial charge in [-0.1, -0.05) is 50.1 Å². The van der Waals surface area contributed by atoms with Gasteiger partial charge in [-0.15, -0.1) is 0 Å². The lowest BCUT2D eigenvalue weighted by Crippen LogP contribution is -2.15. The molecule has 1 aliphatic rings. The highest BCUT2D eigenvalue weighted by molar-refractivity contribution is 5.70. The van der Waals surface area contributed by atoms with Gasteiger partial charge in [0.1, 0.15) is 0 Å². The number of hydrogen-bond donors (Lipinski definition) is 0. The number of unbranched alkanes of at least 4 members (excludes halogenated alkanes) is 2. The highest BCUT2D eigenvalue weighted by Crippen LogP contribution is 2.43. The van der Waals surface area contributed by atoms with Crippen molar-refractivity contribution in [2.75, 3.05) is 13.2 Å². The second kappa shape index (κ2) is 14.0. The van der Waals surface area contributed by atoms with Crippen LogP contribution in [0.4, 0.5) is 26.3 Å². The van der Waals surface area contributed by atoms with Crippen LogP contribution in [-0.4, -0.2) is 13.2 Å². The van der Waals surface area contributed by atoms with E-state index >= 15 is 4.39 Å². The largest absolute Gasteiger partial charge is 0.491 e. The zero-order valence-electron chi connectivity index (χ0n) is 23.2. The van der Waals surface area contributed by atoms with Crippen molar-refractivity contribution in [3.63, 3.8) is 0 Å². The summed E-state index contributed by atoms with van der Waals surface area (Å²) in [6, 6.07) is 8.47. The van der Waals surface area contributed by atoms with Crippen molar-refractivity contribution in [2.45, 2.75) is 70.6 Å². The Kier molecular flexibility index (Phi) is 10.4.